The molecule has 1 heterocycles. The molecule has 0 aromatic carbocycles. The predicted octanol–water partition coefficient (Wildman–Crippen LogP) is 2.59. The number of guanidine groups is 1. The van der Waals surface area contributed by atoms with Crippen molar-refractivity contribution in [1.82, 2.24) is 10.3 Å². The second-order valence-corrected chi connectivity index (χ2v) is 5.30. The van der Waals surface area contributed by atoms with Crippen LogP contribution in [0.3, 0.4) is 0 Å². The van der Waals surface area contributed by atoms with Crippen molar-refractivity contribution in [1.29, 1.82) is 0 Å². The van der Waals surface area contributed by atoms with Crippen LogP contribution in [0.15, 0.2) is 38.5 Å². The maximum absolute atomic E-state index is 5.72. The molecule has 0 saturated heterocycles. The molecular formula is C11H14Br2N4. The van der Waals surface area contributed by atoms with E-state index in [4.69, 9.17) is 5.73 Å². The fourth-order valence-corrected chi connectivity index (χ4v) is 2.23. The molecule has 0 fully saturated rings. The summed E-state index contributed by atoms with van der Waals surface area (Å²) in [4.78, 5) is 8.27. The molecule has 92 valence electrons. The first-order valence-corrected chi connectivity index (χ1v) is 6.55. The summed E-state index contributed by atoms with van der Waals surface area (Å²) in [6, 6.07) is 0. The molecule has 1 aromatic rings. The standard InChI is InChI=1S/C11H14Br2N4/c1-7(2)3-16-11(14)17-4-8-9(12)5-15-6-10(8)13/h5-6H,1,3-4H2,2H3,(H3,14,16,17). The van der Waals surface area contributed by atoms with Crippen LogP contribution in [0.25, 0.3) is 0 Å². The lowest BCUT2D eigenvalue weighted by Gasteiger charge is -2.06. The molecule has 0 radical (unpaired) electrons. The summed E-state index contributed by atoms with van der Waals surface area (Å²) < 4.78 is 1.81. The number of aromatic nitrogens is 1. The van der Waals surface area contributed by atoms with Gasteiger partial charge in [-0.05, 0) is 38.8 Å². The molecule has 6 heteroatoms. The largest absolute Gasteiger partial charge is 0.370 e. The van der Waals surface area contributed by atoms with E-state index in [9.17, 15) is 0 Å². The van der Waals surface area contributed by atoms with Gasteiger partial charge in [-0.1, -0.05) is 12.2 Å². The molecule has 17 heavy (non-hydrogen) atoms. The molecule has 0 atom stereocenters. The van der Waals surface area contributed by atoms with E-state index < -0.39 is 0 Å². The molecule has 0 aliphatic rings. The number of halogens is 2. The zero-order valence-corrected chi connectivity index (χ0v) is 12.7. The molecule has 0 unspecified atom stereocenters. The minimum atomic E-state index is 0.406. The van der Waals surface area contributed by atoms with Crippen LogP contribution >= 0.6 is 31.9 Å². The first-order valence-electron chi connectivity index (χ1n) is 4.96. The Bertz CT molecular complexity index is 423. The van der Waals surface area contributed by atoms with Gasteiger partial charge in [0, 0.05) is 33.4 Å². The number of aliphatic imine (C=N–C) groups is 1. The highest BCUT2D eigenvalue weighted by Crippen LogP contribution is 2.24. The minimum absolute atomic E-state index is 0.406. The molecule has 0 amide bonds. The molecule has 0 aliphatic carbocycles. The molecule has 0 aliphatic heterocycles. The third kappa shape index (κ3) is 4.87. The van der Waals surface area contributed by atoms with Crippen LogP contribution in [0.4, 0.5) is 0 Å². The van der Waals surface area contributed by atoms with E-state index >= 15 is 0 Å². The minimum Gasteiger partial charge on any atom is -0.370 e. The first-order chi connectivity index (χ1) is 8.00. The van der Waals surface area contributed by atoms with E-state index in [1.54, 1.807) is 12.4 Å². The monoisotopic (exact) mass is 360 g/mol. The van der Waals surface area contributed by atoms with Gasteiger partial charge in [-0.2, -0.15) is 0 Å². The molecule has 1 rings (SSSR count). The number of pyridine rings is 1. The highest BCUT2D eigenvalue weighted by Gasteiger charge is 2.04. The summed E-state index contributed by atoms with van der Waals surface area (Å²) in [5.74, 6) is 0.406. The highest BCUT2D eigenvalue weighted by molar-refractivity contribution is 9.11. The highest BCUT2D eigenvalue weighted by atomic mass is 79.9. The fraction of sp³-hybridized carbons (Fsp3) is 0.273. The van der Waals surface area contributed by atoms with E-state index in [1.807, 2.05) is 6.92 Å². The van der Waals surface area contributed by atoms with E-state index in [-0.39, 0.29) is 0 Å². The molecule has 4 nitrogen and oxygen atoms in total. The number of nitrogens with two attached hydrogens (primary N) is 1. The summed E-state index contributed by atoms with van der Waals surface area (Å²) in [6.07, 6.45) is 3.46. The quantitative estimate of drug-likeness (QED) is 0.492. The number of hydrogen-bond acceptors (Lipinski definition) is 2. The van der Waals surface area contributed by atoms with Crippen molar-refractivity contribution in [2.45, 2.75) is 13.5 Å². The second-order valence-electron chi connectivity index (χ2n) is 3.59. The Morgan fingerprint density at radius 2 is 2.06 bits per heavy atom. The van der Waals surface area contributed by atoms with E-state index in [0.717, 1.165) is 20.1 Å². The van der Waals surface area contributed by atoms with Crippen molar-refractivity contribution in [3.8, 4) is 0 Å². The van der Waals surface area contributed by atoms with Crippen LogP contribution in [-0.2, 0) is 6.54 Å². The molecular weight excluding hydrogens is 348 g/mol. The fourth-order valence-electron chi connectivity index (χ4n) is 1.05. The smallest absolute Gasteiger partial charge is 0.189 e. The molecule has 0 bridgehead atoms. The third-order valence-electron chi connectivity index (χ3n) is 1.93. The van der Waals surface area contributed by atoms with Gasteiger partial charge in [0.1, 0.15) is 0 Å². The van der Waals surface area contributed by atoms with Crippen LogP contribution < -0.4 is 11.1 Å². The van der Waals surface area contributed by atoms with Gasteiger partial charge >= 0.3 is 0 Å². The topological polar surface area (TPSA) is 63.3 Å². The SMILES string of the molecule is C=C(C)CNC(N)=NCc1c(Br)cncc1Br. The van der Waals surface area contributed by atoms with Gasteiger partial charge in [0.25, 0.3) is 0 Å². The Kier molecular flexibility index (Phi) is 5.64. The summed E-state index contributed by atoms with van der Waals surface area (Å²) in [7, 11) is 0. The van der Waals surface area contributed by atoms with E-state index in [2.05, 4.69) is 53.7 Å². The van der Waals surface area contributed by atoms with Crippen molar-refractivity contribution in [2.24, 2.45) is 10.7 Å². The first kappa shape index (κ1) is 14.2. The Labute approximate surface area is 118 Å². The zero-order valence-electron chi connectivity index (χ0n) is 9.50. The normalized spacial score (nSPS) is 11.4. The Morgan fingerprint density at radius 3 is 2.59 bits per heavy atom. The van der Waals surface area contributed by atoms with Crippen LogP contribution in [0.5, 0.6) is 0 Å². The zero-order chi connectivity index (χ0) is 12.8. The predicted molar refractivity (Wildman–Crippen MR) is 77.8 cm³/mol. The second kappa shape index (κ2) is 6.76. The number of hydrogen-bond donors (Lipinski definition) is 2. The third-order valence-corrected chi connectivity index (χ3v) is 3.30. The van der Waals surface area contributed by atoms with E-state index in [0.29, 0.717) is 19.0 Å². The van der Waals surface area contributed by atoms with E-state index in [1.165, 1.54) is 0 Å². The average molecular weight is 362 g/mol. The maximum Gasteiger partial charge on any atom is 0.189 e. The van der Waals surface area contributed by atoms with Gasteiger partial charge in [-0.3, -0.25) is 4.98 Å². The number of nitrogens with zero attached hydrogens (tertiary/aromatic N) is 2. The Morgan fingerprint density at radius 1 is 1.47 bits per heavy atom. The molecule has 0 saturated carbocycles. The van der Waals surface area contributed by atoms with Gasteiger partial charge in [-0.15, -0.1) is 0 Å². The van der Waals surface area contributed by atoms with Crippen molar-refractivity contribution >= 4 is 37.8 Å². The average Bonchev–Trinajstić information content (AvgIpc) is 2.25. The van der Waals surface area contributed by atoms with Crippen molar-refractivity contribution in [3.05, 3.63) is 39.1 Å². The number of nitrogens with one attached hydrogen (secondary N) is 1. The summed E-state index contributed by atoms with van der Waals surface area (Å²) in [6.45, 7) is 6.82. The van der Waals surface area contributed by atoms with Gasteiger partial charge in [0.05, 0.1) is 6.54 Å². The van der Waals surface area contributed by atoms with Crippen LogP contribution in [0.2, 0.25) is 0 Å². The molecule has 3 N–H and O–H groups in total. The van der Waals surface area contributed by atoms with Gasteiger partial charge < -0.3 is 11.1 Å². The lowest BCUT2D eigenvalue weighted by molar-refractivity contribution is 0.934. The van der Waals surface area contributed by atoms with Crippen LogP contribution in [0.1, 0.15) is 12.5 Å². The van der Waals surface area contributed by atoms with Gasteiger partial charge in [-0.25, -0.2) is 4.99 Å². The Balaban J connectivity index is 2.66. The van der Waals surface area contributed by atoms with Crippen molar-refractivity contribution in [2.75, 3.05) is 6.54 Å². The summed E-state index contributed by atoms with van der Waals surface area (Å²) in [5, 5.41) is 2.97. The van der Waals surface area contributed by atoms with Crippen molar-refractivity contribution in [3.63, 3.8) is 0 Å². The van der Waals surface area contributed by atoms with Gasteiger partial charge in [0.2, 0.25) is 0 Å². The van der Waals surface area contributed by atoms with Crippen molar-refractivity contribution < 1.29 is 0 Å². The molecule has 0 spiro atoms. The summed E-state index contributed by atoms with van der Waals surface area (Å²) >= 11 is 6.84. The molecule has 1 aromatic heterocycles. The number of rotatable bonds is 4. The lowest BCUT2D eigenvalue weighted by Crippen LogP contribution is -2.32. The maximum atomic E-state index is 5.72. The lowest BCUT2D eigenvalue weighted by atomic mass is 10.3. The van der Waals surface area contributed by atoms with Crippen LogP contribution in [0, 0.1) is 0 Å². The summed E-state index contributed by atoms with van der Waals surface area (Å²) in [5.41, 5.74) is 7.74. The van der Waals surface area contributed by atoms with Gasteiger partial charge in [0.15, 0.2) is 5.96 Å². The Hall–Kier alpha value is -0.880. The van der Waals surface area contributed by atoms with Crippen LogP contribution in [-0.4, -0.2) is 17.5 Å².